The Balaban J connectivity index is 1.19. The molecule has 0 atom stereocenters. The van der Waals surface area contributed by atoms with E-state index in [1.807, 2.05) is 13.1 Å². The first-order valence-electron chi connectivity index (χ1n) is 13.5. The summed E-state index contributed by atoms with van der Waals surface area (Å²) in [4.78, 5) is 27.0. The number of ether oxygens (including phenoxy) is 2. The molecular weight excluding hydrogens is 556 g/mol. The van der Waals surface area contributed by atoms with Gasteiger partial charge in [0.15, 0.2) is 17.3 Å². The number of Topliss-reactive ketones (excluding diaryl/α,β-unsaturated/α-hetero) is 1. The molecule has 0 amide bonds. The summed E-state index contributed by atoms with van der Waals surface area (Å²) in [5, 5.41) is 11.9. The number of nitrogens with zero attached hydrogens (tertiary/aromatic N) is 4. The second-order valence-electron chi connectivity index (χ2n) is 10.2. The number of fused-ring (bicyclic) bond motifs is 2. The van der Waals surface area contributed by atoms with Gasteiger partial charge in [-0.25, -0.2) is 8.78 Å². The predicted molar refractivity (Wildman–Crippen MR) is 154 cm³/mol. The second kappa shape index (κ2) is 10.4. The molecule has 4 heterocycles. The zero-order chi connectivity index (χ0) is 29.7. The third-order valence-corrected chi connectivity index (χ3v) is 7.48. The average molecular weight is 580 g/mol. The minimum Gasteiger partial charge on any atom is -0.492 e. The lowest BCUT2D eigenvalue weighted by molar-refractivity contribution is 0.0988. The number of ketones is 1. The maximum absolute atomic E-state index is 15.4. The third kappa shape index (κ3) is 4.74. The molecule has 0 aliphatic carbocycles. The monoisotopic (exact) mass is 579 g/mol. The van der Waals surface area contributed by atoms with Crippen molar-refractivity contribution < 1.29 is 23.0 Å². The van der Waals surface area contributed by atoms with Crippen LogP contribution in [0.5, 0.6) is 17.2 Å². The van der Waals surface area contributed by atoms with Crippen LogP contribution in [0.2, 0.25) is 0 Å². The van der Waals surface area contributed by atoms with Crippen LogP contribution in [0.1, 0.15) is 21.5 Å². The lowest BCUT2D eigenvalue weighted by Gasteiger charge is -2.14. The average Bonchev–Trinajstić information content (AvgIpc) is 3.76. The largest absolute Gasteiger partial charge is 0.492 e. The van der Waals surface area contributed by atoms with Crippen LogP contribution in [0.4, 0.5) is 8.78 Å². The molecule has 7 rings (SSSR count). The number of aryl methyl sites for hydroxylation is 1. The normalized spacial score (nSPS) is 12.3. The van der Waals surface area contributed by atoms with E-state index >= 15 is 4.39 Å². The lowest BCUT2D eigenvalue weighted by Crippen LogP contribution is -2.27. The molecule has 3 aromatic carbocycles. The third-order valence-electron chi connectivity index (χ3n) is 7.48. The predicted octanol–water partition coefficient (Wildman–Crippen LogP) is 5.55. The summed E-state index contributed by atoms with van der Waals surface area (Å²) in [5.74, 6) is -1.02. The van der Waals surface area contributed by atoms with Gasteiger partial charge in [-0.05, 0) is 54.1 Å². The van der Waals surface area contributed by atoms with E-state index in [0.29, 0.717) is 41.2 Å². The van der Waals surface area contributed by atoms with Gasteiger partial charge in [0, 0.05) is 60.0 Å². The van der Waals surface area contributed by atoms with Crippen LogP contribution in [-0.2, 0) is 19.9 Å². The molecule has 1 N–H and O–H groups in total. The van der Waals surface area contributed by atoms with Gasteiger partial charge in [-0.3, -0.25) is 23.9 Å². The number of carbonyl (C=O) groups excluding carboxylic acids is 1. The van der Waals surface area contributed by atoms with E-state index in [9.17, 15) is 14.0 Å². The minimum absolute atomic E-state index is 0.0354. The first kappa shape index (κ1) is 26.3. The number of rotatable bonds is 7. The number of halogens is 2. The molecule has 214 valence electrons. The molecule has 1 aliphatic rings. The number of H-pyrrole nitrogens is 1. The van der Waals surface area contributed by atoms with Gasteiger partial charge in [-0.2, -0.15) is 10.2 Å². The smallest absolute Gasteiger partial charge is 0.269 e. The van der Waals surface area contributed by atoms with Crippen LogP contribution < -0.4 is 15.0 Å². The molecule has 0 fully saturated rings. The number of nitrogens with one attached hydrogen (secondary N) is 1. The van der Waals surface area contributed by atoms with Crippen LogP contribution in [0.15, 0.2) is 84.2 Å². The van der Waals surface area contributed by atoms with E-state index in [1.165, 1.54) is 41.0 Å². The highest BCUT2D eigenvalue weighted by atomic mass is 19.1. The van der Waals surface area contributed by atoms with Crippen molar-refractivity contribution in [2.75, 3.05) is 6.61 Å². The molecular formula is C32H23F2N5O4. The standard InChI is InChI=1S/C32H23F2N5O4/c1-38-26-13-24(21-14-35-36-15-21)29(12-20(26)16-37-38)43-28-7-2-18(10-25(28)34)11-27(40)30-31-19(8-9-42-31)17-39(32(30)41)23-5-3-22(33)4-6-23/h2-7,10,12-17H,8-9,11H2,1H3,(H,35,36). The van der Waals surface area contributed by atoms with Gasteiger partial charge < -0.3 is 9.47 Å². The van der Waals surface area contributed by atoms with E-state index < -0.39 is 23.0 Å². The first-order valence-corrected chi connectivity index (χ1v) is 13.5. The van der Waals surface area contributed by atoms with Gasteiger partial charge in [0.1, 0.15) is 22.9 Å². The molecule has 1 aliphatic heterocycles. The Hall–Kier alpha value is -5.58. The molecule has 3 aromatic heterocycles. The molecule has 0 radical (unpaired) electrons. The summed E-state index contributed by atoms with van der Waals surface area (Å²) in [6, 6.07) is 13.3. The van der Waals surface area contributed by atoms with Crippen LogP contribution in [-0.4, -0.2) is 36.9 Å². The molecule has 0 bridgehead atoms. The van der Waals surface area contributed by atoms with Gasteiger partial charge in [0.05, 0.1) is 24.5 Å². The zero-order valence-corrected chi connectivity index (χ0v) is 22.8. The van der Waals surface area contributed by atoms with Gasteiger partial charge in [0.25, 0.3) is 5.56 Å². The van der Waals surface area contributed by atoms with Crippen LogP contribution in [0.3, 0.4) is 0 Å². The first-order chi connectivity index (χ1) is 20.9. The molecule has 43 heavy (non-hydrogen) atoms. The number of benzene rings is 3. The van der Waals surface area contributed by atoms with Crippen molar-refractivity contribution in [3.05, 3.63) is 118 Å². The van der Waals surface area contributed by atoms with Crippen molar-refractivity contribution in [2.24, 2.45) is 7.05 Å². The maximum Gasteiger partial charge on any atom is 0.269 e. The molecule has 0 unspecified atom stereocenters. The Kier molecular flexibility index (Phi) is 6.34. The summed E-state index contributed by atoms with van der Waals surface area (Å²) in [6.45, 7) is 0.328. The topological polar surface area (TPSA) is 104 Å². The summed E-state index contributed by atoms with van der Waals surface area (Å²) >= 11 is 0. The van der Waals surface area contributed by atoms with Gasteiger partial charge in [0.2, 0.25) is 0 Å². The highest BCUT2D eigenvalue weighted by Gasteiger charge is 2.27. The highest BCUT2D eigenvalue weighted by molar-refractivity contribution is 6.00. The van der Waals surface area contributed by atoms with Crippen molar-refractivity contribution in [1.82, 2.24) is 24.5 Å². The van der Waals surface area contributed by atoms with E-state index in [0.717, 1.165) is 16.5 Å². The second-order valence-corrected chi connectivity index (χ2v) is 10.2. The molecule has 9 nitrogen and oxygen atoms in total. The molecule has 0 spiro atoms. The van der Waals surface area contributed by atoms with E-state index in [1.54, 1.807) is 41.6 Å². The fraction of sp³-hybridized carbons (Fsp3) is 0.125. The Morgan fingerprint density at radius 3 is 2.67 bits per heavy atom. The Morgan fingerprint density at radius 2 is 1.91 bits per heavy atom. The number of aromatic amines is 1. The highest BCUT2D eigenvalue weighted by Crippen LogP contribution is 2.37. The number of aromatic nitrogens is 5. The number of pyridine rings is 1. The quantitative estimate of drug-likeness (QED) is 0.249. The van der Waals surface area contributed by atoms with Crippen LogP contribution in [0.25, 0.3) is 27.7 Å². The number of hydrogen-bond donors (Lipinski definition) is 1. The summed E-state index contributed by atoms with van der Waals surface area (Å²) < 4.78 is 43.6. The lowest BCUT2D eigenvalue weighted by atomic mass is 10.0. The molecule has 11 heteroatoms. The van der Waals surface area contributed by atoms with Crippen molar-refractivity contribution in [1.29, 1.82) is 0 Å². The SMILES string of the molecule is Cn1ncc2cc(Oc3ccc(CC(=O)c4c5c(cn(-c6ccc(F)cc6)c4=O)CCO5)cc3F)c(-c3cn[nH]c3)cc21. The Morgan fingerprint density at radius 1 is 1.07 bits per heavy atom. The number of carbonyl (C=O) groups is 1. The Labute approximate surface area is 242 Å². The van der Waals surface area contributed by atoms with Crippen LogP contribution in [0, 0.1) is 11.6 Å². The van der Waals surface area contributed by atoms with Crippen LogP contribution >= 0.6 is 0 Å². The maximum atomic E-state index is 15.4. The van der Waals surface area contributed by atoms with Crippen molar-refractivity contribution in [3.8, 4) is 34.1 Å². The number of hydrogen-bond acceptors (Lipinski definition) is 6. The fourth-order valence-electron chi connectivity index (χ4n) is 5.31. The van der Waals surface area contributed by atoms with Crippen molar-refractivity contribution in [3.63, 3.8) is 0 Å². The fourth-order valence-corrected chi connectivity index (χ4v) is 5.31. The Bertz CT molecular complexity index is 2080. The minimum atomic E-state index is -0.673. The summed E-state index contributed by atoms with van der Waals surface area (Å²) in [6.07, 6.45) is 6.94. The van der Waals surface area contributed by atoms with E-state index in [-0.39, 0.29) is 23.5 Å². The van der Waals surface area contributed by atoms with Gasteiger partial charge >= 0.3 is 0 Å². The van der Waals surface area contributed by atoms with Crippen molar-refractivity contribution in [2.45, 2.75) is 12.8 Å². The zero-order valence-electron chi connectivity index (χ0n) is 22.8. The van der Waals surface area contributed by atoms with Gasteiger partial charge in [-0.1, -0.05) is 6.07 Å². The molecule has 6 aromatic rings. The van der Waals surface area contributed by atoms with E-state index in [4.69, 9.17) is 9.47 Å². The molecule has 0 saturated carbocycles. The van der Waals surface area contributed by atoms with Crippen molar-refractivity contribution >= 4 is 16.7 Å². The van der Waals surface area contributed by atoms with E-state index in [2.05, 4.69) is 15.3 Å². The molecule has 0 saturated heterocycles. The van der Waals surface area contributed by atoms with Gasteiger partial charge in [-0.15, -0.1) is 0 Å². The summed E-state index contributed by atoms with van der Waals surface area (Å²) in [7, 11) is 1.83. The summed E-state index contributed by atoms with van der Waals surface area (Å²) in [5.41, 5.74) is 3.08.